The van der Waals surface area contributed by atoms with E-state index in [1.54, 1.807) is 0 Å². The first-order chi connectivity index (χ1) is 29.7. The average Bonchev–Trinajstić information content (AvgIpc) is 3.89. The number of thiophene rings is 2. The number of pyridine rings is 1. The van der Waals surface area contributed by atoms with Crippen LogP contribution in [0.4, 0.5) is 0 Å². The topological polar surface area (TPSA) is 38.7 Å². The first-order valence-corrected chi connectivity index (χ1v) is 21.7. The van der Waals surface area contributed by atoms with Crippen LogP contribution in [0.2, 0.25) is 0 Å². The van der Waals surface area contributed by atoms with Gasteiger partial charge in [-0.1, -0.05) is 121 Å². The number of hydrogen-bond donors (Lipinski definition) is 0. The van der Waals surface area contributed by atoms with Gasteiger partial charge in [0.25, 0.3) is 0 Å². The van der Waals surface area contributed by atoms with E-state index in [1.807, 2.05) is 41.0 Å². The van der Waals surface area contributed by atoms with Gasteiger partial charge in [0.1, 0.15) is 0 Å². The van der Waals surface area contributed by atoms with E-state index in [2.05, 4.69) is 187 Å². The summed E-state index contributed by atoms with van der Waals surface area (Å²) in [5, 5.41) is 6.28. The lowest BCUT2D eigenvalue weighted by Crippen LogP contribution is -1.97. The lowest BCUT2D eigenvalue weighted by molar-refractivity contribution is 1.18. The molecule has 0 fully saturated rings. The Balaban J connectivity index is 1.04. The van der Waals surface area contributed by atoms with E-state index < -0.39 is 0 Å². The van der Waals surface area contributed by atoms with Crippen LogP contribution in [0.3, 0.4) is 0 Å². The van der Waals surface area contributed by atoms with E-state index in [9.17, 15) is 0 Å². The Bertz CT molecular complexity index is 3470. The Labute approximate surface area is 354 Å². The van der Waals surface area contributed by atoms with Crippen LogP contribution in [-0.4, -0.2) is 15.0 Å². The van der Waals surface area contributed by atoms with Gasteiger partial charge in [0.2, 0.25) is 0 Å². The van der Waals surface area contributed by atoms with Gasteiger partial charge in [-0.2, -0.15) is 0 Å². The highest BCUT2D eigenvalue weighted by molar-refractivity contribution is 7.26. The molecule has 0 amide bonds. The third-order valence-corrected chi connectivity index (χ3v) is 13.9. The molecule has 4 aromatic heterocycles. The van der Waals surface area contributed by atoms with Gasteiger partial charge in [-0.25, -0.2) is 9.97 Å². The van der Waals surface area contributed by atoms with Crippen molar-refractivity contribution in [2.24, 2.45) is 0 Å². The van der Waals surface area contributed by atoms with Crippen molar-refractivity contribution < 1.29 is 0 Å². The van der Waals surface area contributed by atoms with Crippen LogP contribution in [0.25, 0.3) is 119 Å². The van der Waals surface area contributed by atoms with Gasteiger partial charge >= 0.3 is 0 Å². The second-order valence-corrected chi connectivity index (χ2v) is 17.4. The molecule has 5 heteroatoms. The fraction of sp³-hybridized carbons (Fsp3) is 0. The van der Waals surface area contributed by atoms with Crippen LogP contribution in [-0.2, 0) is 0 Å². The number of hydrogen-bond acceptors (Lipinski definition) is 5. The van der Waals surface area contributed by atoms with Gasteiger partial charge in [0.05, 0.1) is 16.9 Å². The number of fused-ring (bicyclic) bond motifs is 7. The summed E-state index contributed by atoms with van der Waals surface area (Å²) < 4.78 is 5.20. The molecule has 0 aliphatic heterocycles. The molecule has 4 heterocycles. The van der Waals surface area contributed by atoms with Gasteiger partial charge in [0.15, 0.2) is 5.82 Å². The zero-order chi connectivity index (χ0) is 39.6. The van der Waals surface area contributed by atoms with E-state index in [4.69, 9.17) is 9.97 Å². The fourth-order valence-corrected chi connectivity index (χ4v) is 10.7. The Morgan fingerprint density at radius 1 is 0.300 bits per heavy atom. The Morgan fingerprint density at radius 3 is 1.45 bits per heavy atom. The summed E-state index contributed by atoms with van der Waals surface area (Å²) in [7, 11) is 0. The molecule has 0 aliphatic carbocycles. The van der Waals surface area contributed by atoms with Crippen molar-refractivity contribution in [1.82, 2.24) is 15.0 Å². The lowest BCUT2D eigenvalue weighted by Gasteiger charge is -2.14. The molecular weight excluding hydrogens is 767 g/mol. The minimum Gasteiger partial charge on any atom is -0.256 e. The summed E-state index contributed by atoms with van der Waals surface area (Å²) in [5.74, 6) is 0.682. The molecule has 8 aromatic carbocycles. The molecule has 0 radical (unpaired) electrons. The highest BCUT2D eigenvalue weighted by Crippen LogP contribution is 2.41. The molecule has 12 rings (SSSR count). The maximum absolute atomic E-state index is 5.37. The first kappa shape index (κ1) is 34.7. The highest BCUT2D eigenvalue weighted by Gasteiger charge is 2.16. The summed E-state index contributed by atoms with van der Waals surface area (Å²) in [4.78, 5) is 15.2. The van der Waals surface area contributed by atoms with Crippen molar-refractivity contribution in [1.29, 1.82) is 0 Å². The quantitative estimate of drug-likeness (QED) is 0.168. The molecule has 0 spiro atoms. The maximum atomic E-state index is 5.37. The van der Waals surface area contributed by atoms with Crippen LogP contribution in [0, 0.1) is 0 Å². The maximum Gasteiger partial charge on any atom is 0.160 e. The Kier molecular flexibility index (Phi) is 8.22. The minimum absolute atomic E-state index is 0.682. The zero-order valence-corrected chi connectivity index (χ0v) is 33.8. The SMILES string of the molecule is c1ccc(-c2cc(-c3cc(-c4ccc5sc6ccccc6c5c4)cc(-c4ccc5sc6ccccc6c5c4)c3)nc(-c3ccc(-c4ccnc5ccccc45)cc3)n2)cc1. The summed E-state index contributed by atoms with van der Waals surface area (Å²) in [6, 6.07) is 69.7. The first-order valence-electron chi connectivity index (χ1n) is 20.1. The number of nitrogens with zero attached hydrogens (tertiary/aromatic N) is 3. The molecule has 0 aliphatic rings. The largest absolute Gasteiger partial charge is 0.256 e. The third-order valence-electron chi connectivity index (χ3n) is 11.5. The molecule has 0 bridgehead atoms. The van der Waals surface area contributed by atoms with Crippen LogP contribution < -0.4 is 0 Å². The zero-order valence-electron chi connectivity index (χ0n) is 32.2. The van der Waals surface area contributed by atoms with Crippen LogP contribution in [0.5, 0.6) is 0 Å². The molecule has 0 N–H and O–H groups in total. The lowest BCUT2D eigenvalue weighted by atomic mass is 9.93. The van der Waals surface area contributed by atoms with Gasteiger partial charge in [-0.15, -0.1) is 22.7 Å². The molecule has 12 aromatic rings. The molecule has 280 valence electrons. The fourth-order valence-electron chi connectivity index (χ4n) is 8.55. The van der Waals surface area contributed by atoms with Crippen molar-refractivity contribution in [2.45, 2.75) is 0 Å². The van der Waals surface area contributed by atoms with Gasteiger partial charge in [-0.3, -0.25) is 4.98 Å². The van der Waals surface area contributed by atoms with E-state index in [0.717, 1.165) is 61.2 Å². The van der Waals surface area contributed by atoms with Crippen LogP contribution in [0.15, 0.2) is 200 Å². The molecule has 3 nitrogen and oxygen atoms in total. The molecule has 0 saturated carbocycles. The monoisotopic (exact) mass is 799 g/mol. The standard InChI is InChI=1S/C55H33N3S2/c1-2-10-35(11-3-1)49-33-50(58-55(57-49)36-20-18-34(19-21-36)42-26-27-56-48-15-7-4-12-43(42)48)41-29-39(37-22-24-53-46(31-37)44-13-5-8-16-51(44)59-53)28-40(30-41)38-23-25-54-47(32-38)45-14-6-9-17-52(45)60-54/h1-33H. The van der Waals surface area contributed by atoms with Crippen molar-refractivity contribution in [3.05, 3.63) is 200 Å². The number of rotatable bonds is 6. The van der Waals surface area contributed by atoms with Crippen molar-refractivity contribution in [3.63, 3.8) is 0 Å². The van der Waals surface area contributed by atoms with Crippen molar-refractivity contribution in [3.8, 4) is 67.3 Å². The number of aromatic nitrogens is 3. The molecule has 0 unspecified atom stereocenters. The normalized spacial score (nSPS) is 11.7. The Morgan fingerprint density at radius 2 is 0.800 bits per heavy atom. The number of para-hydroxylation sites is 1. The Hall–Kier alpha value is -7.31. The van der Waals surface area contributed by atoms with E-state index in [1.165, 1.54) is 51.5 Å². The predicted octanol–water partition coefficient (Wildman–Crippen LogP) is 15.8. The average molecular weight is 800 g/mol. The molecule has 0 atom stereocenters. The third kappa shape index (κ3) is 6.06. The summed E-state index contributed by atoms with van der Waals surface area (Å²) >= 11 is 3.70. The second-order valence-electron chi connectivity index (χ2n) is 15.2. The van der Waals surface area contributed by atoms with Crippen molar-refractivity contribution in [2.75, 3.05) is 0 Å². The summed E-state index contributed by atoms with van der Waals surface area (Å²) in [6.45, 7) is 0. The predicted molar refractivity (Wildman–Crippen MR) is 256 cm³/mol. The van der Waals surface area contributed by atoms with Gasteiger partial charge < -0.3 is 0 Å². The highest BCUT2D eigenvalue weighted by atomic mass is 32.1. The van der Waals surface area contributed by atoms with Crippen molar-refractivity contribution >= 4 is 73.9 Å². The van der Waals surface area contributed by atoms with Crippen LogP contribution >= 0.6 is 22.7 Å². The minimum atomic E-state index is 0.682. The summed E-state index contributed by atoms with van der Waals surface area (Å²) in [6.07, 6.45) is 1.88. The van der Waals surface area contributed by atoms with Gasteiger partial charge in [0, 0.05) is 68.6 Å². The molecule has 60 heavy (non-hydrogen) atoms. The number of benzene rings is 8. The summed E-state index contributed by atoms with van der Waals surface area (Å²) in [5.41, 5.74) is 12.7. The smallest absolute Gasteiger partial charge is 0.160 e. The van der Waals surface area contributed by atoms with Gasteiger partial charge in [-0.05, 0) is 106 Å². The molecule has 0 saturated heterocycles. The molecular formula is C55H33N3S2. The van der Waals surface area contributed by atoms with E-state index >= 15 is 0 Å². The van der Waals surface area contributed by atoms with Crippen LogP contribution in [0.1, 0.15) is 0 Å². The second kappa shape index (κ2) is 14.2. The van der Waals surface area contributed by atoms with E-state index in [-0.39, 0.29) is 0 Å². The van der Waals surface area contributed by atoms with E-state index in [0.29, 0.717) is 5.82 Å².